The van der Waals surface area contributed by atoms with Crippen molar-refractivity contribution in [1.29, 1.82) is 0 Å². The second-order valence-corrected chi connectivity index (χ2v) is 4.54. The summed E-state index contributed by atoms with van der Waals surface area (Å²) in [7, 11) is 0. The molecule has 76 valence electrons. The molecule has 2 atom stereocenters. The molecule has 1 saturated carbocycles. The van der Waals surface area contributed by atoms with E-state index >= 15 is 0 Å². The minimum atomic E-state index is -0.154. The monoisotopic (exact) mass is 211 g/mol. The number of thiazole rings is 1. The van der Waals surface area contributed by atoms with Crippen LogP contribution in [0.1, 0.15) is 13.3 Å². The van der Waals surface area contributed by atoms with Gasteiger partial charge < -0.3 is 5.32 Å². The summed E-state index contributed by atoms with van der Waals surface area (Å²) in [6, 6.07) is -0.154. The minimum absolute atomic E-state index is 0.154. The van der Waals surface area contributed by atoms with E-state index in [1.54, 1.807) is 6.20 Å². The number of hydrogen-bond donors (Lipinski definition) is 2. The largest absolute Gasteiger partial charge is 0.338 e. The number of carbonyl (C=O) groups excluding carboxylic acids is 1. The molecule has 0 saturated heterocycles. The number of anilines is 1. The topological polar surface area (TPSA) is 54.0 Å². The fraction of sp³-hybridized carbons (Fsp3) is 0.556. The maximum atomic E-state index is 11.3. The van der Waals surface area contributed by atoms with Gasteiger partial charge >= 0.3 is 6.03 Å². The van der Waals surface area contributed by atoms with Crippen molar-refractivity contribution >= 4 is 22.5 Å². The zero-order chi connectivity index (χ0) is 9.97. The third kappa shape index (κ3) is 2.45. The Bertz CT molecular complexity index is 312. The molecule has 0 unspecified atom stereocenters. The van der Waals surface area contributed by atoms with Gasteiger partial charge in [-0.05, 0) is 18.3 Å². The molecular formula is C9H13N3OS. The van der Waals surface area contributed by atoms with Gasteiger partial charge in [-0.25, -0.2) is 9.78 Å². The van der Waals surface area contributed by atoms with Crippen molar-refractivity contribution < 1.29 is 4.79 Å². The zero-order valence-electron chi connectivity index (χ0n) is 7.99. The Balaban J connectivity index is 1.69. The van der Waals surface area contributed by atoms with E-state index < -0.39 is 0 Å². The molecule has 1 fully saturated rings. The Hall–Kier alpha value is -1.10. The number of carbonyl (C=O) groups is 1. The lowest BCUT2D eigenvalue weighted by atomic mass is 10.3. The lowest BCUT2D eigenvalue weighted by molar-refractivity contribution is 0.251. The van der Waals surface area contributed by atoms with Crippen LogP contribution in [-0.4, -0.2) is 17.6 Å². The van der Waals surface area contributed by atoms with Gasteiger partial charge in [-0.3, -0.25) is 5.32 Å². The molecule has 1 aliphatic rings. The first-order chi connectivity index (χ1) is 6.75. The van der Waals surface area contributed by atoms with Crippen LogP contribution in [0, 0.1) is 11.8 Å². The van der Waals surface area contributed by atoms with Crippen molar-refractivity contribution in [2.75, 3.05) is 11.9 Å². The maximum Gasteiger partial charge on any atom is 0.321 e. The quantitative estimate of drug-likeness (QED) is 0.802. The molecule has 5 heteroatoms. The molecular weight excluding hydrogens is 198 g/mol. The van der Waals surface area contributed by atoms with Crippen molar-refractivity contribution in [3.63, 3.8) is 0 Å². The lowest BCUT2D eigenvalue weighted by Gasteiger charge is -2.03. The fourth-order valence-electron chi connectivity index (χ4n) is 1.33. The smallest absolute Gasteiger partial charge is 0.321 e. The summed E-state index contributed by atoms with van der Waals surface area (Å²) in [5.74, 6) is 1.45. The first-order valence-electron chi connectivity index (χ1n) is 4.70. The molecule has 0 spiro atoms. The van der Waals surface area contributed by atoms with Crippen LogP contribution in [0.3, 0.4) is 0 Å². The average Bonchev–Trinajstić information content (AvgIpc) is 2.65. The number of rotatable bonds is 3. The molecule has 0 bridgehead atoms. The van der Waals surface area contributed by atoms with E-state index in [2.05, 4.69) is 22.5 Å². The highest BCUT2D eigenvalue weighted by atomic mass is 32.1. The predicted molar refractivity (Wildman–Crippen MR) is 56.4 cm³/mol. The molecule has 14 heavy (non-hydrogen) atoms. The van der Waals surface area contributed by atoms with Crippen LogP contribution >= 0.6 is 11.3 Å². The fourth-order valence-corrected chi connectivity index (χ4v) is 1.86. The Kier molecular flexibility index (Phi) is 2.67. The van der Waals surface area contributed by atoms with Gasteiger partial charge in [-0.15, -0.1) is 11.3 Å². The number of nitrogens with zero attached hydrogens (tertiary/aromatic N) is 1. The Morgan fingerprint density at radius 3 is 3.14 bits per heavy atom. The van der Waals surface area contributed by atoms with Crippen molar-refractivity contribution in [3.8, 4) is 0 Å². The van der Waals surface area contributed by atoms with Crippen LogP contribution in [0.4, 0.5) is 9.93 Å². The maximum absolute atomic E-state index is 11.3. The highest BCUT2D eigenvalue weighted by Gasteiger charge is 2.32. The summed E-state index contributed by atoms with van der Waals surface area (Å²) in [6.07, 6.45) is 2.90. The van der Waals surface area contributed by atoms with E-state index in [0.717, 1.165) is 12.5 Å². The van der Waals surface area contributed by atoms with Gasteiger partial charge in [0.15, 0.2) is 5.13 Å². The average molecular weight is 211 g/mol. The third-order valence-corrected chi connectivity index (χ3v) is 3.14. The Morgan fingerprint density at radius 2 is 2.57 bits per heavy atom. The number of hydrogen-bond acceptors (Lipinski definition) is 3. The summed E-state index contributed by atoms with van der Waals surface area (Å²) in [4.78, 5) is 15.3. The highest BCUT2D eigenvalue weighted by Crippen LogP contribution is 2.36. The van der Waals surface area contributed by atoms with Crippen LogP contribution < -0.4 is 10.6 Å². The molecule has 0 radical (unpaired) electrons. The van der Waals surface area contributed by atoms with E-state index in [9.17, 15) is 4.79 Å². The molecule has 2 N–H and O–H groups in total. The van der Waals surface area contributed by atoms with Crippen LogP contribution in [0.15, 0.2) is 11.6 Å². The predicted octanol–water partition coefficient (Wildman–Crippen LogP) is 1.92. The molecule has 2 amide bonds. The van der Waals surface area contributed by atoms with E-state index in [0.29, 0.717) is 11.0 Å². The summed E-state index contributed by atoms with van der Waals surface area (Å²) in [5.41, 5.74) is 0. The highest BCUT2D eigenvalue weighted by molar-refractivity contribution is 7.13. The number of urea groups is 1. The van der Waals surface area contributed by atoms with Crippen LogP contribution in [0.2, 0.25) is 0 Å². The Labute approximate surface area is 86.7 Å². The first-order valence-corrected chi connectivity index (χ1v) is 5.58. The molecule has 1 aromatic rings. The van der Waals surface area contributed by atoms with Gasteiger partial charge in [0.25, 0.3) is 0 Å². The molecule has 1 aromatic heterocycles. The van der Waals surface area contributed by atoms with Crippen molar-refractivity contribution in [2.45, 2.75) is 13.3 Å². The minimum Gasteiger partial charge on any atom is -0.338 e. The van der Waals surface area contributed by atoms with Gasteiger partial charge in [-0.2, -0.15) is 0 Å². The van der Waals surface area contributed by atoms with E-state index in [1.165, 1.54) is 17.8 Å². The SMILES string of the molecule is C[C@@H]1C[C@H]1CNC(=O)Nc1nccs1. The molecule has 4 nitrogen and oxygen atoms in total. The summed E-state index contributed by atoms with van der Waals surface area (Å²) < 4.78 is 0. The number of aromatic nitrogens is 1. The van der Waals surface area contributed by atoms with Crippen molar-refractivity contribution in [2.24, 2.45) is 11.8 Å². The third-order valence-electron chi connectivity index (χ3n) is 2.45. The van der Waals surface area contributed by atoms with Gasteiger partial charge in [0.2, 0.25) is 0 Å². The van der Waals surface area contributed by atoms with Gasteiger partial charge in [0, 0.05) is 18.1 Å². The zero-order valence-corrected chi connectivity index (χ0v) is 8.80. The summed E-state index contributed by atoms with van der Waals surface area (Å²) in [5, 5.41) is 7.98. The summed E-state index contributed by atoms with van der Waals surface area (Å²) >= 11 is 1.42. The number of amides is 2. The molecule has 0 aliphatic heterocycles. The molecule has 1 aliphatic carbocycles. The van der Waals surface area contributed by atoms with E-state index in [1.807, 2.05) is 5.38 Å². The standard InChI is InChI=1S/C9H13N3OS/c1-6-4-7(6)5-11-8(13)12-9-10-2-3-14-9/h2-3,6-7H,4-5H2,1H3,(H2,10,11,12,13)/t6-,7+/m1/s1. The van der Waals surface area contributed by atoms with Crippen LogP contribution in [0.5, 0.6) is 0 Å². The molecule has 0 aromatic carbocycles. The number of nitrogens with one attached hydrogen (secondary N) is 2. The van der Waals surface area contributed by atoms with Gasteiger partial charge in [0.05, 0.1) is 0 Å². The second kappa shape index (κ2) is 3.96. The van der Waals surface area contributed by atoms with Crippen molar-refractivity contribution in [1.82, 2.24) is 10.3 Å². The molecule has 1 heterocycles. The summed E-state index contributed by atoms with van der Waals surface area (Å²) in [6.45, 7) is 2.98. The van der Waals surface area contributed by atoms with Crippen LogP contribution in [-0.2, 0) is 0 Å². The van der Waals surface area contributed by atoms with Crippen molar-refractivity contribution in [3.05, 3.63) is 11.6 Å². The van der Waals surface area contributed by atoms with Gasteiger partial charge in [-0.1, -0.05) is 6.92 Å². The first kappa shape index (κ1) is 9.45. The van der Waals surface area contributed by atoms with Gasteiger partial charge in [0.1, 0.15) is 0 Å². The second-order valence-electron chi connectivity index (χ2n) is 3.65. The van der Waals surface area contributed by atoms with Crippen LogP contribution in [0.25, 0.3) is 0 Å². The van der Waals surface area contributed by atoms with E-state index in [-0.39, 0.29) is 6.03 Å². The molecule has 2 rings (SSSR count). The lowest BCUT2D eigenvalue weighted by Crippen LogP contribution is -2.30. The normalized spacial score (nSPS) is 24.4. The Morgan fingerprint density at radius 1 is 1.79 bits per heavy atom. The van der Waals surface area contributed by atoms with E-state index in [4.69, 9.17) is 0 Å².